The molecule has 0 fully saturated rings. The smallest absolute Gasteiger partial charge is 0.239 e. The number of nitrogens with two attached hydrogens (primary N) is 1. The maximum absolute atomic E-state index is 11.8. The molecule has 1 aromatic rings. The lowest BCUT2D eigenvalue weighted by Crippen LogP contribution is -2.38. The molecule has 0 saturated heterocycles. The number of thiocarbonyl (C=S) groups is 1. The number of rotatable bonds is 6. The molecule has 5 heteroatoms. The molecule has 0 bridgehead atoms. The third-order valence-electron chi connectivity index (χ3n) is 2.91. The van der Waals surface area contributed by atoms with Crippen LogP contribution in [0.3, 0.4) is 0 Å². The van der Waals surface area contributed by atoms with Crippen LogP contribution in [0.4, 0.5) is 5.69 Å². The number of hydrogen-bond acceptors (Lipinski definition) is 3. The van der Waals surface area contributed by atoms with Gasteiger partial charge in [-0.3, -0.25) is 4.79 Å². The van der Waals surface area contributed by atoms with Crippen LogP contribution in [0.25, 0.3) is 0 Å². The van der Waals surface area contributed by atoms with Crippen molar-refractivity contribution >= 4 is 28.8 Å². The Kier molecular flexibility index (Phi) is 5.76. The summed E-state index contributed by atoms with van der Waals surface area (Å²) in [5, 5.41) is 2.80. The molecule has 0 heterocycles. The van der Waals surface area contributed by atoms with E-state index in [0.29, 0.717) is 18.1 Å². The highest BCUT2D eigenvalue weighted by atomic mass is 32.1. The maximum Gasteiger partial charge on any atom is 0.239 e. The van der Waals surface area contributed by atoms with Gasteiger partial charge in [-0.25, -0.2) is 0 Å². The van der Waals surface area contributed by atoms with E-state index in [1.807, 2.05) is 43.9 Å². The minimum absolute atomic E-state index is 0.00138. The zero-order valence-corrected chi connectivity index (χ0v) is 12.5. The zero-order valence-electron chi connectivity index (χ0n) is 11.7. The van der Waals surface area contributed by atoms with Crippen LogP contribution in [-0.4, -0.2) is 30.5 Å². The Morgan fingerprint density at radius 3 is 2.63 bits per heavy atom. The van der Waals surface area contributed by atoms with Crippen LogP contribution < -0.4 is 16.0 Å². The molecule has 3 N–H and O–H groups in total. The second-order valence-electron chi connectivity index (χ2n) is 4.30. The summed E-state index contributed by atoms with van der Waals surface area (Å²) in [6, 6.07) is 5.82. The van der Waals surface area contributed by atoms with Gasteiger partial charge >= 0.3 is 0 Å². The maximum atomic E-state index is 11.8. The summed E-state index contributed by atoms with van der Waals surface area (Å²) < 4.78 is 0. The van der Waals surface area contributed by atoms with Crippen LogP contribution >= 0.6 is 12.2 Å². The third-order valence-corrected chi connectivity index (χ3v) is 3.13. The number of carbonyl (C=O) groups excluding carboxylic acids is 1. The fourth-order valence-corrected chi connectivity index (χ4v) is 2.22. The van der Waals surface area contributed by atoms with Gasteiger partial charge in [0.05, 0.1) is 12.2 Å². The fourth-order valence-electron chi connectivity index (χ4n) is 2.05. The molecule has 0 aliphatic heterocycles. The molecule has 0 atom stereocenters. The summed E-state index contributed by atoms with van der Waals surface area (Å²) in [4.78, 5) is 14.1. The largest absolute Gasteiger partial charge is 0.389 e. The molecule has 0 radical (unpaired) electrons. The molecule has 0 aromatic heterocycles. The molecule has 0 spiro atoms. The van der Waals surface area contributed by atoms with E-state index in [2.05, 4.69) is 5.32 Å². The van der Waals surface area contributed by atoms with E-state index in [-0.39, 0.29) is 5.91 Å². The van der Waals surface area contributed by atoms with Crippen molar-refractivity contribution in [1.82, 2.24) is 5.32 Å². The molecular weight excluding hydrogens is 258 g/mol. The first kappa shape index (κ1) is 15.4. The Hall–Kier alpha value is -1.62. The summed E-state index contributed by atoms with van der Waals surface area (Å²) >= 11 is 5.09. The number of amides is 1. The molecule has 0 saturated carbocycles. The van der Waals surface area contributed by atoms with Crippen LogP contribution in [0.15, 0.2) is 18.2 Å². The van der Waals surface area contributed by atoms with E-state index < -0.39 is 0 Å². The van der Waals surface area contributed by atoms with Crippen molar-refractivity contribution in [3.05, 3.63) is 29.3 Å². The SMILES string of the molecule is CCNC(=O)CN(CC)c1c(C)cccc1C(N)=S. The minimum atomic E-state index is 0.00138. The predicted octanol–water partition coefficient (Wildman–Crippen LogP) is 1.59. The van der Waals surface area contributed by atoms with E-state index in [4.69, 9.17) is 18.0 Å². The van der Waals surface area contributed by atoms with E-state index in [1.165, 1.54) is 0 Å². The van der Waals surface area contributed by atoms with Crippen molar-refractivity contribution in [3.8, 4) is 0 Å². The third kappa shape index (κ3) is 3.92. The molecule has 1 amide bonds. The molecular formula is C14H21N3OS. The van der Waals surface area contributed by atoms with Gasteiger partial charge in [-0.05, 0) is 32.4 Å². The highest BCUT2D eigenvalue weighted by molar-refractivity contribution is 7.80. The van der Waals surface area contributed by atoms with Crippen molar-refractivity contribution < 1.29 is 4.79 Å². The van der Waals surface area contributed by atoms with Crippen LogP contribution in [0.1, 0.15) is 25.0 Å². The van der Waals surface area contributed by atoms with E-state index in [0.717, 1.165) is 23.4 Å². The van der Waals surface area contributed by atoms with Gasteiger partial charge in [0.15, 0.2) is 0 Å². The Bertz CT molecular complexity index is 474. The number of para-hydroxylation sites is 1. The molecule has 4 nitrogen and oxygen atoms in total. The fraction of sp³-hybridized carbons (Fsp3) is 0.429. The van der Waals surface area contributed by atoms with Crippen LogP contribution in [0.2, 0.25) is 0 Å². The summed E-state index contributed by atoms with van der Waals surface area (Å²) in [7, 11) is 0. The van der Waals surface area contributed by atoms with Crippen molar-refractivity contribution in [1.29, 1.82) is 0 Å². The van der Waals surface area contributed by atoms with Gasteiger partial charge in [0.25, 0.3) is 0 Å². The molecule has 104 valence electrons. The average molecular weight is 279 g/mol. The van der Waals surface area contributed by atoms with Crippen LogP contribution in [-0.2, 0) is 4.79 Å². The molecule has 1 rings (SSSR count). The van der Waals surface area contributed by atoms with Gasteiger partial charge in [-0.15, -0.1) is 0 Å². The van der Waals surface area contributed by atoms with Crippen molar-refractivity contribution in [3.63, 3.8) is 0 Å². The summed E-state index contributed by atoms with van der Waals surface area (Å²) in [6.45, 7) is 7.57. The van der Waals surface area contributed by atoms with Crippen molar-refractivity contribution in [2.75, 3.05) is 24.5 Å². The lowest BCUT2D eigenvalue weighted by Gasteiger charge is -2.26. The van der Waals surface area contributed by atoms with Gasteiger partial charge in [0, 0.05) is 18.7 Å². The van der Waals surface area contributed by atoms with Crippen LogP contribution in [0.5, 0.6) is 0 Å². The van der Waals surface area contributed by atoms with Gasteiger partial charge in [0.1, 0.15) is 4.99 Å². The lowest BCUT2D eigenvalue weighted by molar-refractivity contribution is -0.119. The van der Waals surface area contributed by atoms with E-state index in [1.54, 1.807) is 0 Å². The minimum Gasteiger partial charge on any atom is -0.389 e. The normalized spacial score (nSPS) is 10.1. The van der Waals surface area contributed by atoms with E-state index in [9.17, 15) is 4.79 Å². The van der Waals surface area contributed by atoms with Crippen molar-refractivity contribution in [2.24, 2.45) is 5.73 Å². The van der Waals surface area contributed by atoms with Gasteiger partial charge in [-0.2, -0.15) is 0 Å². The van der Waals surface area contributed by atoms with Crippen molar-refractivity contribution in [2.45, 2.75) is 20.8 Å². The number of carbonyl (C=O) groups is 1. The number of nitrogens with zero attached hydrogens (tertiary/aromatic N) is 1. The first-order valence-electron chi connectivity index (χ1n) is 6.42. The number of anilines is 1. The van der Waals surface area contributed by atoms with Gasteiger partial charge in [0.2, 0.25) is 5.91 Å². The Balaban J connectivity index is 3.10. The highest BCUT2D eigenvalue weighted by Crippen LogP contribution is 2.25. The second kappa shape index (κ2) is 7.09. The molecule has 0 unspecified atom stereocenters. The first-order valence-corrected chi connectivity index (χ1v) is 6.83. The summed E-state index contributed by atoms with van der Waals surface area (Å²) in [5.41, 5.74) is 8.60. The number of benzene rings is 1. The predicted molar refractivity (Wildman–Crippen MR) is 83.6 cm³/mol. The molecule has 0 aliphatic rings. The van der Waals surface area contributed by atoms with Gasteiger partial charge in [-0.1, -0.05) is 24.4 Å². The Morgan fingerprint density at radius 2 is 2.11 bits per heavy atom. The summed E-state index contributed by atoms with van der Waals surface area (Å²) in [5.74, 6) is 0.00138. The number of nitrogens with one attached hydrogen (secondary N) is 1. The van der Waals surface area contributed by atoms with E-state index >= 15 is 0 Å². The monoisotopic (exact) mass is 279 g/mol. The van der Waals surface area contributed by atoms with Crippen LogP contribution in [0, 0.1) is 6.92 Å². The highest BCUT2D eigenvalue weighted by Gasteiger charge is 2.16. The topological polar surface area (TPSA) is 58.4 Å². The number of aryl methyl sites for hydroxylation is 1. The molecule has 19 heavy (non-hydrogen) atoms. The average Bonchev–Trinajstić information content (AvgIpc) is 2.36. The number of likely N-dealkylation sites (N-methyl/N-ethyl adjacent to an activating group) is 2. The lowest BCUT2D eigenvalue weighted by atomic mass is 10.1. The Morgan fingerprint density at radius 1 is 1.42 bits per heavy atom. The number of hydrogen-bond donors (Lipinski definition) is 2. The summed E-state index contributed by atoms with van der Waals surface area (Å²) in [6.07, 6.45) is 0. The zero-order chi connectivity index (χ0) is 14.4. The van der Waals surface area contributed by atoms with Gasteiger partial charge < -0.3 is 16.0 Å². The standard InChI is InChI=1S/C14H21N3OS/c1-4-16-12(18)9-17(5-2)13-10(3)7-6-8-11(13)14(15)19/h6-8H,4-5,9H2,1-3H3,(H2,15,19)(H,16,18). The second-order valence-corrected chi connectivity index (χ2v) is 4.74. The Labute approximate surface area is 120 Å². The first-order chi connectivity index (χ1) is 9.01. The molecule has 1 aromatic carbocycles. The quantitative estimate of drug-likeness (QED) is 0.777. The molecule has 0 aliphatic carbocycles.